The average Bonchev–Trinajstić information content (AvgIpc) is 2.43. The summed E-state index contributed by atoms with van der Waals surface area (Å²) in [5.41, 5.74) is 1.82. The number of aromatic nitrogens is 1. The summed E-state index contributed by atoms with van der Waals surface area (Å²) in [5, 5.41) is 3.32. The summed E-state index contributed by atoms with van der Waals surface area (Å²) < 4.78 is 4.70. The summed E-state index contributed by atoms with van der Waals surface area (Å²) in [5.74, 6) is -0.256. The Bertz CT molecular complexity index is 402. The molecule has 4 nitrogen and oxygen atoms in total. The molecular formula is C14H20N2O2. The lowest BCUT2D eigenvalue weighted by Crippen LogP contribution is -2.19. The molecule has 1 aromatic rings. The second kappa shape index (κ2) is 7.61. The lowest BCUT2D eigenvalue weighted by Gasteiger charge is -2.12. The highest BCUT2D eigenvalue weighted by molar-refractivity contribution is 5.88. The summed E-state index contributed by atoms with van der Waals surface area (Å²) >= 11 is 0. The molecule has 1 aromatic heterocycles. The molecule has 1 N–H and O–H groups in total. The van der Waals surface area contributed by atoms with Gasteiger partial charge in [-0.05, 0) is 25.0 Å². The number of esters is 1. The van der Waals surface area contributed by atoms with Crippen LogP contribution in [0.3, 0.4) is 0 Å². The monoisotopic (exact) mass is 248 g/mol. The van der Waals surface area contributed by atoms with E-state index >= 15 is 0 Å². The van der Waals surface area contributed by atoms with Gasteiger partial charge in [0.25, 0.3) is 0 Å². The van der Waals surface area contributed by atoms with Gasteiger partial charge in [0.15, 0.2) is 0 Å². The maximum Gasteiger partial charge on any atom is 0.333 e. The SMILES string of the molecule is CC/C(=C/CN[C@H](C)c1cccnc1)C(=O)OC. The molecule has 1 atom stereocenters. The second-order valence-corrected chi connectivity index (χ2v) is 3.99. The maximum absolute atomic E-state index is 11.4. The van der Waals surface area contributed by atoms with Crippen molar-refractivity contribution in [2.24, 2.45) is 0 Å². The molecule has 0 amide bonds. The van der Waals surface area contributed by atoms with E-state index < -0.39 is 0 Å². The van der Waals surface area contributed by atoms with Crippen molar-refractivity contribution in [2.75, 3.05) is 13.7 Å². The van der Waals surface area contributed by atoms with Gasteiger partial charge in [0.2, 0.25) is 0 Å². The van der Waals surface area contributed by atoms with Crippen LogP contribution in [0.15, 0.2) is 36.2 Å². The third-order valence-electron chi connectivity index (χ3n) is 2.79. The van der Waals surface area contributed by atoms with Crippen LogP contribution in [-0.4, -0.2) is 24.6 Å². The summed E-state index contributed by atoms with van der Waals surface area (Å²) in [6.45, 7) is 4.64. The molecule has 0 unspecified atom stereocenters. The van der Waals surface area contributed by atoms with Crippen LogP contribution in [0.25, 0.3) is 0 Å². The van der Waals surface area contributed by atoms with Crippen LogP contribution in [0.2, 0.25) is 0 Å². The van der Waals surface area contributed by atoms with Gasteiger partial charge >= 0.3 is 5.97 Å². The summed E-state index contributed by atoms with van der Waals surface area (Å²) in [6.07, 6.45) is 6.14. The van der Waals surface area contributed by atoms with Crippen LogP contribution >= 0.6 is 0 Å². The summed E-state index contributed by atoms with van der Waals surface area (Å²) in [7, 11) is 1.40. The fourth-order valence-corrected chi connectivity index (χ4v) is 1.61. The third kappa shape index (κ3) is 4.30. The Morgan fingerprint density at radius 3 is 2.94 bits per heavy atom. The van der Waals surface area contributed by atoms with Crippen LogP contribution in [-0.2, 0) is 9.53 Å². The molecule has 0 aliphatic carbocycles. The predicted octanol–water partition coefficient (Wildman–Crippen LogP) is 2.24. The number of ether oxygens (including phenoxy) is 1. The first-order chi connectivity index (χ1) is 8.69. The molecule has 0 radical (unpaired) electrons. The number of hydrogen-bond acceptors (Lipinski definition) is 4. The van der Waals surface area contributed by atoms with E-state index in [4.69, 9.17) is 4.74 Å². The topological polar surface area (TPSA) is 51.2 Å². The van der Waals surface area contributed by atoms with Gasteiger partial charge in [-0.1, -0.05) is 19.1 Å². The minimum Gasteiger partial charge on any atom is -0.466 e. The minimum absolute atomic E-state index is 0.200. The third-order valence-corrected chi connectivity index (χ3v) is 2.79. The van der Waals surface area contributed by atoms with Crippen LogP contribution < -0.4 is 5.32 Å². The number of hydrogen-bond donors (Lipinski definition) is 1. The molecule has 98 valence electrons. The lowest BCUT2D eigenvalue weighted by atomic mass is 10.1. The van der Waals surface area contributed by atoms with Crippen molar-refractivity contribution in [2.45, 2.75) is 26.3 Å². The van der Waals surface area contributed by atoms with Crippen molar-refractivity contribution >= 4 is 5.97 Å². The quantitative estimate of drug-likeness (QED) is 0.619. The molecule has 0 bridgehead atoms. The number of carbonyl (C=O) groups excluding carboxylic acids is 1. The highest BCUT2D eigenvalue weighted by Crippen LogP contribution is 2.09. The molecule has 18 heavy (non-hydrogen) atoms. The normalized spacial score (nSPS) is 13.2. The smallest absolute Gasteiger partial charge is 0.333 e. The summed E-state index contributed by atoms with van der Waals surface area (Å²) in [4.78, 5) is 15.4. The highest BCUT2D eigenvalue weighted by Gasteiger charge is 2.07. The number of methoxy groups -OCH3 is 1. The first-order valence-electron chi connectivity index (χ1n) is 6.09. The Morgan fingerprint density at radius 1 is 1.61 bits per heavy atom. The van der Waals surface area contributed by atoms with Crippen LogP contribution in [0.5, 0.6) is 0 Å². The molecule has 0 saturated heterocycles. The molecule has 1 heterocycles. The van der Waals surface area contributed by atoms with E-state index in [0.717, 1.165) is 5.56 Å². The molecule has 1 rings (SSSR count). The van der Waals surface area contributed by atoms with E-state index in [1.807, 2.05) is 31.3 Å². The number of nitrogens with one attached hydrogen (secondary N) is 1. The van der Waals surface area contributed by atoms with Crippen LogP contribution in [0.1, 0.15) is 31.9 Å². The minimum atomic E-state index is -0.256. The molecule has 0 spiro atoms. The first-order valence-corrected chi connectivity index (χ1v) is 6.09. The van der Waals surface area contributed by atoms with Gasteiger partial charge in [0, 0.05) is 30.6 Å². The molecule has 0 aliphatic heterocycles. The Labute approximate surface area is 108 Å². The zero-order valence-electron chi connectivity index (χ0n) is 11.1. The zero-order chi connectivity index (χ0) is 13.4. The Kier molecular flexibility index (Phi) is 6.08. The van der Waals surface area contributed by atoms with Crippen molar-refractivity contribution < 1.29 is 9.53 Å². The fourth-order valence-electron chi connectivity index (χ4n) is 1.61. The molecule has 4 heteroatoms. The number of nitrogens with zero attached hydrogens (tertiary/aromatic N) is 1. The largest absolute Gasteiger partial charge is 0.466 e. The standard InChI is InChI=1S/C14H20N2O2/c1-4-12(14(17)18-3)7-9-16-11(2)13-6-5-8-15-10-13/h5-8,10-11,16H,4,9H2,1-3H3/b12-7-/t11-/m1/s1. The number of pyridine rings is 1. The lowest BCUT2D eigenvalue weighted by molar-refractivity contribution is -0.136. The van der Waals surface area contributed by atoms with E-state index in [1.54, 1.807) is 6.20 Å². The van der Waals surface area contributed by atoms with Crippen molar-refractivity contribution in [3.05, 3.63) is 41.7 Å². The van der Waals surface area contributed by atoms with Gasteiger partial charge in [0.1, 0.15) is 0 Å². The molecule has 0 aromatic carbocycles. The van der Waals surface area contributed by atoms with Gasteiger partial charge in [-0.25, -0.2) is 4.79 Å². The van der Waals surface area contributed by atoms with E-state index in [-0.39, 0.29) is 12.0 Å². The fraction of sp³-hybridized carbons (Fsp3) is 0.429. The summed E-state index contributed by atoms with van der Waals surface area (Å²) in [6, 6.07) is 4.13. The Morgan fingerprint density at radius 2 is 2.39 bits per heavy atom. The molecule has 0 aliphatic rings. The number of carbonyl (C=O) groups is 1. The average molecular weight is 248 g/mol. The van der Waals surface area contributed by atoms with Crippen molar-refractivity contribution in [1.82, 2.24) is 10.3 Å². The predicted molar refractivity (Wildman–Crippen MR) is 71.0 cm³/mol. The molecular weight excluding hydrogens is 228 g/mol. The van der Waals surface area contributed by atoms with Crippen molar-refractivity contribution in [3.8, 4) is 0 Å². The van der Waals surface area contributed by atoms with E-state index in [9.17, 15) is 4.79 Å². The van der Waals surface area contributed by atoms with E-state index in [0.29, 0.717) is 18.5 Å². The first kappa shape index (κ1) is 14.4. The van der Waals surface area contributed by atoms with Crippen LogP contribution in [0, 0.1) is 0 Å². The highest BCUT2D eigenvalue weighted by atomic mass is 16.5. The van der Waals surface area contributed by atoms with Gasteiger partial charge < -0.3 is 10.1 Å². The number of rotatable bonds is 6. The van der Waals surface area contributed by atoms with E-state index in [1.165, 1.54) is 7.11 Å². The molecule has 0 saturated carbocycles. The van der Waals surface area contributed by atoms with Crippen LogP contribution in [0.4, 0.5) is 0 Å². The molecule has 0 fully saturated rings. The van der Waals surface area contributed by atoms with Gasteiger partial charge in [-0.2, -0.15) is 0 Å². The van der Waals surface area contributed by atoms with Gasteiger partial charge in [-0.3, -0.25) is 4.98 Å². The Balaban J connectivity index is 2.50. The zero-order valence-corrected chi connectivity index (χ0v) is 11.1. The van der Waals surface area contributed by atoms with Gasteiger partial charge in [0.05, 0.1) is 7.11 Å². The second-order valence-electron chi connectivity index (χ2n) is 3.99. The van der Waals surface area contributed by atoms with E-state index in [2.05, 4.69) is 17.2 Å². The van der Waals surface area contributed by atoms with Gasteiger partial charge in [-0.15, -0.1) is 0 Å². The Hall–Kier alpha value is -1.68. The van der Waals surface area contributed by atoms with Crippen molar-refractivity contribution in [3.63, 3.8) is 0 Å². The van der Waals surface area contributed by atoms with Crippen molar-refractivity contribution in [1.29, 1.82) is 0 Å². The maximum atomic E-state index is 11.4.